The maximum absolute atomic E-state index is 6.03. The topological polar surface area (TPSA) is 12.0 Å². The summed E-state index contributed by atoms with van der Waals surface area (Å²) < 4.78 is 0. The lowest BCUT2D eigenvalue weighted by Gasteiger charge is -2.62. The monoisotopic (exact) mass is 277 g/mol. The summed E-state index contributed by atoms with van der Waals surface area (Å²) >= 11 is 6.03. The maximum atomic E-state index is 6.03. The normalized spacial score (nSPS) is 35.8. The lowest BCUT2D eigenvalue weighted by atomic mass is 9.45. The fraction of sp³-hybridized carbons (Fsp3) is 0.647. The second-order valence-electron chi connectivity index (χ2n) is 7.07. The fourth-order valence-electron chi connectivity index (χ4n) is 4.32. The average Bonchev–Trinajstić information content (AvgIpc) is 2.37. The zero-order valence-electron chi connectivity index (χ0n) is 12.1. The van der Waals surface area contributed by atoms with Crippen LogP contribution in [-0.4, -0.2) is 6.04 Å². The molecule has 0 amide bonds. The number of halogens is 1. The van der Waals surface area contributed by atoms with E-state index >= 15 is 0 Å². The predicted octanol–water partition coefficient (Wildman–Crippen LogP) is 4.50. The number of hydrogen-bond donors (Lipinski definition) is 1. The molecule has 4 atom stereocenters. The van der Waals surface area contributed by atoms with Gasteiger partial charge in [-0.1, -0.05) is 44.5 Å². The van der Waals surface area contributed by atoms with Crippen molar-refractivity contribution in [3.05, 3.63) is 34.9 Å². The van der Waals surface area contributed by atoms with Crippen LogP contribution in [0, 0.1) is 23.2 Å². The molecule has 1 aromatic carbocycles. The van der Waals surface area contributed by atoms with Crippen LogP contribution in [-0.2, 0) is 6.54 Å². The van der Waals surface area contributed by atoms with E-state index in [4.69, 9.17) is 11.6 Å². The van der Waals surface area contributed by atoms with E-state index in [9.17, 15) is 0 Å². The van der Waals surface area contributed by atoms with Gasteiger partial charge < -0.3 is 5.32 Å². The summed E-state index contributed by atoms with van der Waals surface area (Å²) in [6, 6.07) is 8.86. The van der Waals surface area contributed by atoms with Crippen molar-refractivity contribution in [3.8, 4) is 0 Å². The van der Waals surface area contributed by atoms with E-state index in [2.05, 4.69) is 38.2 Å². The smallest absolute Gasteiger partial charge is 0.0409 e. The van der Waals surface area contributed by atoms with Crippen LogP contribution in [0.4, 0.5) is 0 Å². The van der Waals surface area contributed by atoms with E-state index in [0.717, 1.165) is 29.3 Å². The molecule has 104 valence electrons. The van der Waals surface area contributed by atoms with E-state index in [1.807, 2.05) is 12.1 Å². The van der Waals surface area contributed by atoms with Crippen LogP contribution >= 0.6 is 11.6 Å². The summed E-state index contributed by atoms with van der Waals surface area (Å²) in [6.07, 6.45) is 2.79. The summed E-state index contributed by atoms with van der Waals surface area (Å²) in [7, 11) is 0. The van der Waals surface area contributed by atoms with Gasteiger partial charge in [-0.15, -0.1) is 0 Å². The molecule has 0 spiro atoms. The maximum Gasteiger partial charge on any atom is 0.0409 e. The summed E-state index contributed by atoms with van der Waals surface area (Å²) in [5, 5.41) is 4.59. The van der Waals surface area contributed by atoms with Crippen LogP contribution in [0.3, 0.4) is 0 Å². The van der Waals surface area contributed by atoms with Crippen molar-refractivity contribution in [1.29, 1.82) is 0 Å². The van der Waals surface area contributed by atoms with Crippen LogP contribution in [0.1, 0.15) is 39.2 Å². The Balaban J connectivity index is 1.60. The Morgan fingerprint density at radius 3 is 2.74 bits per heavy atom. The standard InChI is InChI=1S/C17H24ClN/c1-11-15-8-13(17(15,2)3)9-16(11)19-10-12-5-4-6-14(18)7-12/h4-7,11,13,15-16,19H,8-10H2,1-3H3/t11-,13+,15-,16-/m0/s1. The summed E-state index contributed by atoms with van der Waals surface area (Å²) in [6.45, 7) is 8.28. The first-order valence-corrected chi connectivity index (χ1v) is 7.84. The first-order valence-electron chi connectivity index (χ1n) is 7.46. The molecule has 3 saturated carbocycles. The zero-order valence-corrected chi connectivity index (χ0v) is 12.9. The third-order valence-electron chi connectivity index (χ3n) is 5.81. The zero-order chi connectivity index (χ0) is 13.6. The molecule has 1 N–H and O–H groups in total. The van der Waals surface area contributed by atoms with E-state index in [-0.39, 0.29) is 0 Å². The highest BCUT2D eigenvalue weighted by molar-refractivity contribution is 6.30. The van der Waals surface area contributed by atoms with Gasteiger partial charge in [0.15, 0.2) is 0 Å². The highest BCUT2D eigenvalue weighted by atomic mass is 35.5. The fourth-order valence-corrected chi connectivity index (χ4v) is 4.53. The molecule has 3 aliphatic rings. The van der Waals surface area contributed by atoms with Crippen LogP contribution in [0.25, 0.3) is 0 Å². The van der Waals surface area contributed by atoms with Crippen molar-refractivity contribution in [1.82, 2.24) is 5.32 Å². The number of fused-ring (bicyclic) bond motifs is 2. The molecule has 3 fully saturated rings. The number of benzene rings is 1. The highest BCUT2D eigenvalue weighted by Crippen LogP contribution is 2.61. The molecule has 2 bridgehead atoms. The Labute approximate surface area is 121 Å². The van der Waals surface area contributed by atoms with Crippen molar-refractivity contribution in [2.75, 3.05) is 0 Å². The second kappa shape index (κ2) is 4.79. The minimum absolute atomic E-state index is 0.577. The Morgan fingerprint density at radius 1 is 1.32 bits per heavy atom. The Bertz CT molecular complexity index is 468. The van der Waals surface area contributed by atoms with Gasteiger partial charge in [-0.3, -0.25) is 0 Å². The second-order valence-corrected chi connectivity index (χ2v) is 7.51. The molecule has 4 rings (SSSR count). The van der Waals surface area contributed by atoms with Gasteiger partial charge >= 0.3 is 0 Å². The quantitative estimate of drug-likeness (QED) is 0.858. The molecule has 0 heterocycles. The summed E-state index contributed by atoms with van der Waals surface area (Å²) in [4.78, 5) is 0. The molecule has 19 heavy (non-hydrogen) atoms. The molecule has 0 aromatic heterocycles. The molecule has 0 unspecified atom stereocenters. The van der Waals surface area contributed by atoms with Crippen molar-refractivity contribution < 1.29 is 0 Å². The molecule has 2 heteroatoms. The molecule has 0 saturated heterocycles. The van der Waals surface area contributed by atoms with Crippen LogP contribution in [0.15, 0.2) is 24.3 Å². The number of nitrogens with one attached hydrogen (secondary N) is 1. The lowest BCUT2D eigenvalue weighted by Crippen LogP contribution is -2.59. The third kappa shape index (κ3) is 2.32. The molecule has 1 nitrogen and oxygen atoms in total. The van der Waals surface area contributed by atoms with Gasteiger partial charge in [0.1, 0.15) is 0 Å². The van der Waals surface area contributed by atoms with Crippen molar-refractivity contribution in [2.45, 2.75) is 46.2 Å². The molecular weight excluding hydrogens is 254 g/mol. The first kappa shape index (κ1) is 13.5. The van der Waals surface area contributed by atoms with E-state index in [0.29, 0.717) is 11.5 Å². The van der Waals surface area contributed by atoms with Gasteiger partial charge in [0.05, 0.1) is 0 Å². The Morgan fingerprint density at radius 2 is 2.11 bits per heavy atom. The summed E-state index contributed by atoms with van der Waals surface area (Å²) in [5.74, 6) is 2.62. The van der Waals surface area contributed by atoms with E-state index in [1.54, 1.807) is 0 Å². The SMILES string of the molecule is C[C@@H]1[C@@H](NCc2cccc(Cl)c2)C[C@H]2C[C@@H]1C2(C)C. The lowest BCUT2D eigenvalue weighted by molar-refractivity contribution is -0.115. The number of hydrogen-bond acceptors (Lipinski definition) is 1. The van der Waals surface area contributed by atoms with Gasteiger partial charge in [-0.05, 0) is 53.7 Å². The van der Waals surface area contributed by atoms with E-state index < -0.39 is 0 Å². The van der Waals surface area contributed by atoms with Crippen molar-refractivity contribution in [2.24, 2.45) is 23.2 Å². The van der Waals surface area contributed by atoms with Crippen LogP contribution < -0.4 is 5.32 Å². The highest BCUT2D eigenvalue weighted by Gasteiger charge is 2.55. The minimum atomic E-state index is 0.577. The van der Waals surface area contributed by atoms with Gasteiger partial charge in [0.25, 0.3) is 0 Å². The third-order valence-corrected chi connectivity index (χ3v) is 6.05. The largest absolute Gasteiger partial charge is 0.310 e. The van der Waals surface area contributed by atoms with E-state index in [1.165, 1.54) is 18.4 Å². The van der Waals surface area contributed by atoms with Gasteiger partial charge in [0.2, 0.25) is 0 Å². The predicted molar refractivity (Wildman–Crippen MR) is 81.2 cm³/mol. The van der Waals surface area contributed by atoms with Crippen LogP contribution in [0.2, 0.25) is 5.02 Å². The Hall–Kier alpha value is -0.530. The molecular formula is C17H24ClN. The van der Waals surface area contributed by atoms with Crippen molar-refractivity contribution >= 4 is 11.6 Å². The van der Waals surface area contributed by atoms with Crippen LogP contribution in [0.5, 0.6) is 0 Å². The number of rotatable bonds is 3. The molecule has 3 aliphatic carbocycles. The molecule has 1 aromatic rings. The molecule has 0 radical (unpaired) electrons. The molecule has 0 aliphatic heterocycles. The minimum Gasteiger partial charge on any atom is -0.310 e. The van der Waals surface area contributed by atoms with Gasteiger partial charge in [-0.2, -0.15) is 0 Å². The van der Waals surface area contributed by atoms with Gasteiger partial charge in [-0.25, -0.2) is 0 Å². The van der Waals surface area contributed by atoms with Crippen molar-refractivity contribution in [3.63, 3.8) is 0 Å². The first-order chi connectivity index (χ1) is 8.98. The average molecular weight is 278 g/mol. The summed E-state index contributed by atoms with van der Waals surface area (Å²) in [5.41, 5.74) is 1.87. The Kier molecular flexibility index (Phi) is 3.39. The van der Waals surface area contributed by atoms with Gasteiger partial charge in [0, 0.05) is 17.6 Å².